The quantitative estimate of drug-likeness (QED) is 0.365. The standard InChI is InChI=1S/C31H39N3O4S/c1-20-12-13-21(2)23(18-20)33-29(37)27-31-15-14-24(39-31)25(28(36)32-19-22-10-6-5-7-11-22)26(31)30(38)34(27)16-8-3-4-9-17-35/h5-7,10-13,18,24-27,35H,3-4,8-9,14-17,19H2,1-2H3,(H,32,36)(H,33,37)/t24-,25+,26-,27?,31?/m0/s1. The van der Waals surface area contributed by atoms with E-state index in [0.29, 0.717) is 13.1 Å². The number of amides is 3. The van der Waals surface area contributed by atoms with Gasteiger partial charge in [0.1, 0.15) is 6.04 Å². The highest BCUT2D eigenvalue weighted by Crippen LogP contribution is 2.66. The fourth-order valence-corrected chi connectivity index (χ4v) is 8.94. The fourth-order valence-electron chi connectivity index (χ4n) is 6.72. The Bertz CT molecular complexity index is 1220. The molecule has 2 aromatic carbocycles. The van der Waals surface area contributed by atoms with Gasteiger partial charge in [-0.15, -0.1) is 11.8 Å². The van der Waals surface area contributed by atoms with Gasteiger partial charge in [0.2, 0.25) is 17.7 Å². The van der Waals surface area contributed by atoms with Crippen molar-refractivity contribution in [3.05, 3.63) is 65.2 Å². The summed E-state index contributed by atoms with van der Waals surface area (Å²) in [7, 11) is 0. The predicted octanol–water partition coefficient (Wildman–Crippen LogP) is 4.20. The van der Waals surface area contributed by atoms with E-state index in [2.05, 4.69) is 10.6 Å². The number of aliphatic hydroxyl groups is 1. The molecule has 2 bridgehead atoms. The maximum absolute atomic E-state index is 14.1. The van der Waals surface area contributed by atoms with Gasteiger partial charge in [0.25, 0.3) is 0 Å². The minimum Gasteiger partial charge on any atom is -0.396 e. The van der Waals surface area contributed by atoms with Gasteiger partial charge in [0.05, 0.1) is 16.6 Å². The second-order valence-corrected chi connectivity index (χ2v) is 12.8. The summed E-state index contributed by atoms with van der Waals surface area (Å²) in [6.07, 6.45) is 4.85. The molecule has 3 heterocycles. The number of carbonyl (C=O) groups excluding carboxylic acids is 3. The fraction of sp³-hybridized carbons (Fsp3) is 0.516. The first-order valence-electron chi connectivity index (χ1n) is 14.1. The number of unbranched alkanes of at least 4 members (excludes halogenated alkanes) is 3. The zero-order valence-corrected chi connectivity index (χ0v) is 23.6. The molecule has 39 heavy (non-hydrogen) atoms. The molecule has 5 atom stereocenters. The van der Waals surface area contributed by atoms with E-state index in [1.54, 1.807) is 16.7 Å². The Hall–Kier alpha value is -2.84. The van der Waals surface area contributed by atoms with Gasteiger partial charge >= 0.3 is 0 Å². The topological polar surface area (TPSA) is 98.7 Å². The number of aryl methyl sites for hydroxylation is 2. The molecule has 2 unspecified atom stereocenters. The van der Waals surface area contributed by atoms with E-state index in [1.807, 2.05) is 62.4 Å². The van der Waals surface area contributed by atoms with E-state index >= 15 is 0 Å². The number of aliphatic hydroxyl groups excluding tert-OH is 1. The Morgan fingerprint density at radius 3 is 2.59 bits per heavy atom. The third-order valence-electron chi connectivity index (χ3n) is 8.62. The van der Waals surface area contributed by atoms with Crippen molar-refractivity contribution < 1.29 is 19.5 Å². The Kier molecular flexibility index (Phi) is 8.33. The van der Waals surface area contributed by atoms with Crippen LogP contribution in [-0.4, -0.2) is 56.9 Å². The number of carbonyl (C=O) groups is 3. The third kappa shape index (κ3) is 5.33. The van der Waals surface area contributed by atoms with Crippen LogP contribution in [-0.2, 0) is 20.9 Å². The lowest BCUT2D eigenvalue weighted by Crippen LogP contribution is -2.52. The second kappa shape index (κ2) is 11.7. The molecular formula is C31H39N3O4S. The number of likely N-dealkylation sites (tertiary alicyclic amines) is 1. The minimum absolute atomic E-state index is 0.0393. The Morgan fingerprint density at radius 2 is 1.82 bits per heavy atom. The zero-order chi connectivity index (χ0) is 27.6. The molecule has 7 nitrogen and oxygen atoms in total. The van der Waals surface area contributed by atoms with Crippen LogP contribution in [0.3, 0.4) is 0 Å². The summed E-state index contributed by atoms with van der Waals surface area (Å²) < 4.78 is -0.594. The van der Waals surface area contributed by atoms with Crippen LogP contribution >= 0.6 is 11.8 Å². The van der Waals surface area contributed by atoms with Crippen molar-refractivity contribution in [2.75, 3.05) is 18.5 Å². The molecule has 5 rings (SSSR count). The maximum Gasteiger partial charge on any atom is 0.248 e. The molecule has 0 radical (unpaired) electrons. The van der Waals surface area contributed by atoms with E-state index < -0.39 is 22.6 Å². The first kappa shape index (κ1) is 27.7. The number of thioether (sulfide) groups is 1. The van der Waals surface area contributed by atoms with Crippen LogP contribution in [0.25, 0.3) is 0 Å². The van der Waals surface area contributed by atoms with Crippen molar-refractivity contribution in [2.24, 2.45) is 11.8 Å². The van der Waals surface area contributed by atoms with E-state index in [9.17, 15) is 14.4 Å². The Balaban J connectivity index is 1.40. The molecule has 0 saturated carbocycles. The van der Waals surface area contributed by atoms with Crippen molar-refractivity contribution in [1.29, 1.82) is 0 Å². The van der Waals surface area contributed by atoms with E-state index in [0.717, 1.165) is 60.9 Å². The number of anilines is 1. The minimum atomic E-state index is -0.616. The monoisotopic (exact) mass is 549 g/mol. The maximum atomic E-state index is 14.1. The predicted molar refractivity (Wildman–Crippen MR) is 154 cm³/mol. The second-order valence-electron chi connectivity index (χ2n) is 11.2. The first-order valence-corrected chi connectivity index (χ1v) is 15.0. The van der Waals surface area contributed by atoms with Crippen LogP contribution in [0.4, 0.5) is 5.69 Å². The molecule has 3 fully saturated rings. The Morgan fingerprint density at radius 1 is 1.05 bits per heavy atom. The summed E-state index contributed by atoms with van der Waals surface area (Å²) in [5.74, 6) is -1.24. The van der Waals surface area contributed by atoms with Gasteiger partial charge in [-0.05, 0) is 62.3 Å². The van der Waals surface area contributed by atoms with Crippen LogP contribution in [0, 0.1) is 25.7 Å². The molecule has 3 amide bonds. The highest BCUT2D eigenvalue weighted by Gasteiger charge is 2.73. The number of nitrogens with one attached hydrogen (secondary N) is 2. The van der Waals surface area contributed by atoms with Gasteiger partial charge in [-0.1, -0.05) is 55.3 Å². The van der Waals surface area contributed by atoms with Crippen LogP contribution in [0.2, 0.25) is 0 Å². The van der Waals surface area contributed by atoms with Gasteiger partial charge < -0.3 is 20.6 Å². The molecular weight excluding hydrogens is 510 g/mol. The summed E-state index contributed by atoms with van der Waals surface area (Å²) in [4.78, 5) is 43.4. The van der Waals surface area contributed by atoms with Gasteiger partial charge in [0.15, 0.2) is 0 Å². The van der Waals surface area contributed by atoms with Crippen LogP contribution in [0.5, 0.6) is 0 Å². The van der Waals surface area contributed by atoms with E-state index in [1.165, 1.54) is 0 Å². The molecule has 1 spiro atoms. The summed E-state index contributed by atoms with van der Waals surface area (Å²) in [5.41, 5.74) is 3.82. The molecule has 3 N–H and O–H groups in total. The van der Waals surface area contributed by atoms with Gasteiger partial charge in [-0.3, -0.25) is 14.4 Å². The first-order chi connectivity index (χ1) is 18.9. The number of rotatable bonds is 11. The lowest BCUT2D eigenvalue weighted by atomic mass is 9.70. The third-order valence-corrected chi connectivity index (χ3v) is 10.6. The van der Waals surface area contributed by atoms with Crippen molar-refractivity contribution in [3.63, 3.8) is 0 Å². The average Bonchev–Trinajstić information content (AvgIpc) is 3.57. The van der Waals surface area contributed by atoms with Gasteiger partial charge in [0, 0.05) is 30.6 Å². The number of hydrogen-bond donors (Lipinski definition) is 3. The largest absolute Gasteiger partial charge is 0.396 e. The van der Waals surface area contributed by atoms with E-state index in [-0.39, 0.29) is 29.6 Å². The molecule has 3 aliphatic rings. The molecule has 2 aromatic rings. The molecule has 8 heteroatoms. The summed E-state index contributed by atoms with van der Waals surface area (Å²) >= 11 is 1.70. The average molecular weight is 550 g/mol. The van der Waals surface area contributed by atoms with Crippen LogP contribution < -0.4 is 10.6 Å². The van der Waals surface area contributed by atoms with Crippen molar-refractivity contribution in [3.8, 4) is 0 Å². The van der Waals surface area contributed by atoms with Crippen molar-refractivity contribution in [1.82, 2.24) is 10.2 Å². The normalized spacial score (nSPS) is 27.1. The SMILES string of the molecule is Cc1ccc(C)c(NC(=O)C2N(CCCCCCO)C(=O)[C@@H]3[C@H](C(=O)NCc4ccccc4)[C@@H]4CCC23S4)c1. The molecule has 0 aliphatic carbocycles. The van der Waals surface area contributed by atoms with Crippen LogP contribution in [0.1, 0.15) is 55.2 Å². The lowest BCUT2D eigenvalue weighted by molar-refractivity contribution is -0.139. The summed E-state index contributed by atoms with van der Waals surface area (Å²) in [5, 5.41) is 15.4. The molecule has 0 aromatic heterocycles. The number of fused-ring (bicyclic) bond motifs is 1. The van der Waals surface area contributed by atoms with Crippen molar-refractivity contribution in [2.45, 2.75) is 75.0 Å². The van der Waals surface area contributed by atoms with Crippen LogP contribution in [0.15, 0.2) is 48.5 Å². The summed E-state index contributed by atoms with van der Waals surface area (Å²) in [6.45, 7) is 5.03. The number of hydrogen-bond acceptors (Lipinski definition) is 5. The smallest absolute Gasteiger partial charge is 0.248 e. The Labute approximate surface area is 235 Å². The molecule has 3 aliphatic heterocycles. The zero-order valence-electron chi connectivity index (χ0n) is 22.8. The highest BCUT2D eigenvalue weighted by molar-refractivity contribution is 8.02. The molecule has 3 saturated heterocycles. The number of benzene rings is 2. The molecule has 208 valence electrons. The lowest BCUT2D eigenvalue weighted by Gasteiger charge is -2.34. The van der Waals surface area contributed by atoms with E-state index in [4.69, 9.17) is 5.11 Å². The van der Waals surface area contributed by atoms with Crippen molar-refractivity contribution >= 4 is 35.2 Å². The highest BCUT2D eigenvalue weighted by atomic mass is 32.2. The van der Waals surface area contributed by atoms with Gasteiger partial charge in [-0.25, -0.2) is 0 Å². The number of nitrogens with zero attached hydrogens (tertiary/aromatic N) is 1. The summed E-state index contributed by atoms with van der Waals surface area (Å²) in [6, 6.07) is 15.2. The van der Waals surface area contributed by atoms with Gasteiger partial charge in [-0.2, -0.15) is 0 Å².